The van der Waals surface area contributed by atoms with Crippen LogP contribution in [0.5, 0.6) is 5.75 Å². The fourth-order valence-electron chi connectivity index (χ4n) is 2.12. The first-order valence-corrected chi connectivity index (χ1v) is 9.03. The molecule has 2 rings (SSSR count). The maximum Gasteiger partial charge on any atom is 0.334 e. The van der Waals surface area contributed by atoms with Gasteiger partial charge in [0.25, 0.3) is 0 Å². The van der Waals surface area contributed by atoms with Crippen molar-refractivity contribution in [2.45, 2.75) is 13.8 Å². The van der Waals surface area contributed by atoms with Gasteiger partial charge in [-0.15, -0.1) is 0 Å². The lowest BCUT2D eigenvalue weighted by atomic mass is 10.0. The van der Waals surface area contributed by atoms with Gasteiger partial charge in [0.15, 0.2) is 0 Å². The Hall–Kier alpha value is -1.24. The highest BCUT2D eigenvalue weighted by Crippen LogP contribution is 2.42. The topological polar surface area (TPSA) is 35.5 Å². The molecule has 6 heteroatoms. The summed E-state index contributed by atoms with van der Waals surface area (Å²) >= 11 is 15.0. The molecule has 24 heavy (non-hydrogen) atoms. The Morgan fingerprint density at radius 3 is 2.38 bits per heavy atom. The lowest BCUT2D eigenvalue weighted by Gasteiger charge is -2.15. The molecule has 2 aromatic carbocycles. The summed E-state index contributed by atoms with van der Waals surface area (Å²) in [5.74, 6) is 0.469. The van der Waals surface area contributed by atoms with Crippen LogP contribution in [0, 0.1) is 3.57 Å². The largest absolute Gasteiger partial charge is 0.463 e. The van der Waals surface area contributed by atoms with E-state index < -0.39 is 5.97 Å². The number of allylic oxidation sites excluding steroid dienone is 1. The molecule has 0 saturated heterocycles. The van der Waals surface area contributed by atoms with Crippen LogP contribution in [0.2, 0.25) is 10.0 Å². The summed E-state index contributed by atoms with van der Waals surface area (Å²) in [5, 5.41) is 1.09. The summed E-state index contributed by atoms with van der Waals surface area (Å²) in [5.41, 5.74) is 1.48. The Morgan fingerprint density at radius 2 is 1.75 bits per heavy atom. The number of hydrogen-bond donors (Lipinski definition) is 0. The fourth-order valence-corrected chi connectivity index (χ4v) is 3.58. The summed E-state index contributed by atoms with van der Waals surface area (Å²) in [6, 6.07) is 10.9. The summed E-state index contributed by atoms with van der Waals surface area (Å²) in [6.07, 6.45) is 1.30. The molecule has 0 spiro atoms. The number of benzene rings is 2. The van der Waals surface area contributed by atoms with Gasteiger partial charge in [0.2, 0.25) is 0 Å². The van der Waals surface area contributed by atoms with Crippen molar-refractivity contribution < 1.29 is 14.3 Å². The molecule has 126 valence electrons. The second-order valence-electron chi connectivity index (χ2n) is 4.82. The SMILES string of the molecule is CCOC(=O)/C=C(/C)Oc1cccc(Cl)c1-c1c(Cl)cccc1I. The minimum atomic E-state index is -0.453. The van der Waals surface area contributed by atoms with E-state index in [4.69, 9.17) is 32.7 Å². The standard InChI is InChI=1S/C18H15Cl2IO3/c1-3-23-16(22)10-11(2)24-15-9-5-7-13(20)18(15)17-12(19)6-4-8-14(17)21/h4-10H,3H2,1-2H3/b11-10-. The molecule has 0 aromatic heterocycles. The maximum absolute atomic E-state index is 11.5. The van der Waals surface area contributed by atoms with Gasteiger partial charge in [-0.2, -0.15) is 0 Å². The molecule has 0 N–H and O–H groups in total. The molecule has 2 aromatic rings. The van der Waals surface area contributed by atoms with Crippen molar-refractivity contribution in [3.05, 3.63) is 61.8 Å². The Kier molecular flexibility index (Phi) is 6.95. The Labute approximate surface area is 164 Å². The first-order chi connectivity index (χ1) is 11.4. The molecule has 0 aliphatic rings. The van der Waals surface area contributed by atoms with Gasteiger partial charge >= 0.3 is 5.97 Å². The van der Waals surface area contributed by atoms with Gasteiger partial charge in [0, 0.05) is 19.7 Å². The zero-order valence-corrected chi connectivity index (χ0v) is 16.8. The average molecular weight is 477 g/mol. The zero-order valence-electron chi connectivity index (χ0n) is 13.1. The van der Waals surface area contributed by atoms with Crippen molar-refractivity contribution in [3.8, 4) is 16.9 Å². The molecule has 0 atom stereocenters. The normalized spacial score (nSPS) is 11.3. The average Bonchev–Trinajstić information content (AvgIpc) is 2.49. The van der Waals surface area contributed by atoms with Crippen molar-refractivity contribution in [1.29, 1.82) is 0 Å². The van der Waals surface area contributed by atoms with E-state index in [0.29, 0.717) is 33.7 Å². The highest BCUT2D eigenvalue weighted by atomic mass is 127. The molecular weight excluding hydrogens is 462 g/mol. The molecule has 0 bridgehead atoms. The fraction of sp³-hybridized carbons (Fsp3) is 0.167. The Balaban J connectivity index is 2.47. The van der Waals surface area contributed by atoms with Crippen LogP contribution in [0.4, 0.5) is 0 Å². The number of rotatable bonds is 5. The van der Waals surface area contributed by atoms with Gasteiger partial charge in [-0.25, -0.2) is 4.79 Å². The first kappa shape index (κ1) is 19.1. The van der Waals surface area contributed by atoms with E-state index in [1.165, 1.54) is 6.08 Å². The van der Waals surface area contributed by atoms with E-state index in [1.807, 2.05) is 12.1 Å². The smallest absolute Gasteiger partial charge is 0.334 e. The monoisotopic (exact) mass is 476 g/mol. The van der Waals surface area contributed by atoms with Crippen LogP contribution in [0.15, 0.2) is 48.2 Å². The summed E-state index contributed by atoms with van der Waals surface area (Å²) in [4.78, 5) is 11.5. The molecule has 0 saturated carbocycles. The van der Waals surface area contributed by atoms with Gasteiger partial charge in [-0.05, 0) is 60.7 Å². The van der Waals surface area contributed by atoms with E-state index in [0.717, 1.165) is 9.13 Å². The molecule has 0 amide bonds. The van der Waals surface area contributed by atoms with E-state index >= 15 is 0 Å². The zero-order chi connectivity index (χ0) is 17.7. The van der Waals surface area contributed by atoms with Crippen molar-refractivity contribution in [3.63, 3.8) is 0 Å². The second kappa shape index (κ2) is 8.74. The Morgan fingerprint density at radius 1 is 1.12 bits per heavy atom. The maximum atomic E-state index is 11.5. The van der Waals surface area contributed by atoms with Gasteiger partial charge < -0.3 is 9.47 Å². The lowest BCUT2D eigenvalue weighted by Crippen LogP contribution is -2.03. The molecule has 0 radical (unpaired) electrons. The number of carbonyl (C=O) groups excluding carboxylic acids is 1. The summed E-state index contributed by atoms with van der Waals surface area (Å²) < 4.78 is 11.7. The van der Waals surface area contributed by atoms with E-state index in [9.17, 15) is 4.79 Å². The van der Waals surface area contributed by atoms with Crippen LogP contribution < -0.4 is 4.74 Å². The van der Waals surface area contributed by atoms with Gasteiger partial charge in [0.05, 0.1) is 17.7 Å². The number of ether oxygens (including phenoxy) is 2. The second-order valence-corrected chi connectivity index (χ2v) is 6.80. The van der Waals surface area contributed by atoms with Crippen molar-refractivity contribution in [2.75, 3.05) is 6.61 Å². The molecule has 3 nitrogen and oxygen atoms in total. The number of hydrogen-bond acceptors (Lipinski definition) is 3. The molecule has 0 unspecified atom stereocenters. The van der Waals surface area contributed by atoms with Gasteiger partial charge in [0.1, 0.15) is 11.5 Å². The minimum absolute atomic E-state index is 0.308. The van der Waals surface area contributed by atoms with E-state index in [2.05, 4.69) is 22.6 Å². The Bertz CT molecular complexity index is 768. The third-order valence-electron chi connectivity index (χ3n) is 3.07. The predicted octanol–water partition coefficient (Wildman–Crippen LogP) is 6.11. The van der Waals surface area contributed by atoms with Crippen LogP contribution in [0.3, 0.4) is 0 Å². The lowest BCUT2D eigenvalue weighted by molar-refractivity contribution is -0.137. The van der Waals surface area contributed by atoms with Gasteiger partial charge in [-0.1, -0.05) is 35.3 Å². The quantitative estimate of drug-likeness (QED) is 0.226. The van der Waals surface area contributed by atoms with Crippen molar-refractivity contribution >= 4 is 51.8 Å². The first-order valence-electron chi connectivity index (χ1n) is 7.19. The molecular formula is C18H15Cl2IO3. The van der Waals surface area contributed by atoms with Crippen molar-refractivity contribution in [1.82, 2.24) is 0 Å². The van der Waals surface area contributed by atoms with Gasteiger partial charge in [-0.3, -0.25) is 0 Å². The minimum Gasteiger partial charge on any atom is -0.463 e. The highest BCUT2D eigenvalue weighted by Gasteiger charge is 2.17. The third kappa shape index (κ3) is 4.65. The summed E-state index contributed by atoms with van der Waals surface area (Å²) in [7, 11) is 0. The van der Waals surface area contributed by atoms with E-state index in [1.54, 1.807) is 38.1 Å². The van der Waals surface area contributed by atoms with Crippen LogP contribution in [0.1, 0.15) is 13.8 Å². The number of carbonyl (C=O) groups is 1. The predicted molar refractivity (Wildman–Crippen MR) is 106 cm³/mol. The van der Waals surface area contributed by atoms with Crippen molar-refractivity contribution in [2.24, 2.45) is 0 Å². The molecule has 0 aliphatic heterocycles. The number of halogens is 3. The van der Waals surface area contributed by atoms with Crippen LogP contribution >= 0.6 is 45.8 Å². The molecule has 0 fully saturated rings. The van der Waals surface area contributed by atoms with Crippen LogP contribution in [0.25, 0.3) is 11.1 Å². The molecule has 0 aliphatic carbocycles. The highest BCUT2D eigenvalue weighted by molar-refractivity contribution is 14.1. The molecule has 0 heterocycles. The summed E-state index contributed by atoms with van der Waals surface area (Å²) in [6.45, 7) is 3.73. The van der Waals surface area contributed by atoms with Crippen LogP contribution in [-0.4, -0.2) is 12.6 Å². The number of esters is 1. The third-order valence-corrected chi connectivity index (χ3v) is 4.60. The van der Waals surface area contributed by atoms with Crippen LogP contribution in [-0.2, 0) is 9.53 Å². The van der Waals surface area contributed by atoms with E-state index in [-0.39, 0.29) is 0 Å².